The van der Waals surface area contributed by atoms with Gasteiger partial charge in [-0.3, -0.25) is 4.79 Å². The third-order valence-corrected chi connectivity index (χ3v) is 4.16. The van der Waals surface area contributed by atoms with E-state index in [0.717, 1.165) is 32.2 Å². The second-order valence-electron chi connectivity index (χ2n) is 6.30. The maximum atomic E-state index is 11.9. The van der Waals surface area contributed by atoms with Crippen molar-refractivity contribution in [1.82, 2.24) is 5.32 Å². The van der Waals surface area contributed by atoms with Gasteiger partial charge >= 0.3 is 5.97 Å². The standard InChI is InChI=1S/C14H25NO2/c1-14(2)8-6-11(7-9-14)17-13(16)12-5-3-4-10-15-12/h11-12,15H,3-10H2,1-2H3/t12-/m0/s1. The van der Waals surface area contributed by atoms with Gasteiger partial charge in [-0.2, -0.15) is 0 Å². The minimum absolute atomic E-state index is 0.0191. The number of piperidine rings is 1. The molecule has 98 valence electrons. The predicted molar refractivity (Wildman–Crippen MR) is 67.8 cm³/mol. The number of rotatable bonds is 2. The summed E-state index contributed by atoms with van der Waals surface area (Å²) in [5.74, 6) is -0.0191. The topological polar surface area (TPSA) is 38.3 Å². The lowest BCUT2D eigenvalue weighted by molar-refractivity contribution is -0.154. The Morgan fingerprint density at radius 1 is 1.18 bits per heavy atom. The molecule has 0 aromatic rings. The summed E-state index contributed by atoms with van der Waals surface area (Å²) >= 11 is 0. The molecular weight excluding hydrogens is 214 g/mol. The zero-order chi connectivity index (χ0) is 12.3. The van der Waals surface area contributed by atoms with E-state index in [9.17, 15) is 4.79 Å². The zero-order valence-electron chi connectivity index (χ0n) is 11.1. The van der Waals surface area contributed by atoms with Crippen LogP contribution in [0.25, 0.3) is 0 Å². The highest BCUT2D eigenvalue weighted by molar-refractivity contribution is 5.76. The van der Waals surface area contributed by atoms with Crippen molar-refractivity contribution in [3.63, 3.8) is 0 Å². The first-order valence-corrected chi connectivity index (χ1v) is 7.01. The maximum Gasteiger partial charge on any atom is 0.323 e. The van der Waals surface area contributed by atoms with Gasteiger partial charge in [-0.15, -0.1) is 0 Å². The summed E-state index contributed by atoms with van der Waals surface area (Å²) in [6.07, 6.45) is 7.84. The summed E-state index contributed by atoms with van der Waals surface area (Å²) in [6.45, 7) is 5.55. The van der Waals surface area contributed by atoms with Crippen LogP contribution < -0.4 is 5.32 Å². The molecule has 1 saturated heterocycles. The molecule has 1 aliphatic heterocycles. The van der Waals surface area contributed by atoms with Gasteiger partial charge < -0.3 is 10.1 Å². The fourth-order valence-corrected chi connectivity index (χ4v) is 2.79. The van der Waals surface area contributed by atoms with Gasteiger partial charge in [0, 0.05) is 0 Å². The van der Waals surface area contributed by atoms with E-state index in [1.165, 1.54) is 19.3 Å². The molecule has 3 heteroatoms. The van der Waals surface area contributed by atoms with Crippen LogP contribution in [0.1, 0.15) is 58.8 Å². The molecule has 0 aromatic carbocycles. The van der Waals surface area contributed by atoms with Crippen molar-refractivity contribution in [2.45, 2.75) is 70.9 Å². The lowest BCUT2D eigenvalue weighted by Gasteiger charge is -2.34. The van der Waals surface area contributed by atoms with Crippen LogP contribution in [0.4, 0.5) is 0 Å². The molecule has 1 atom stereocenters. The molecular formula is C14H25NO2. The van der Waals surface area contributed by atoms with Crippen LogP contribution in [0.3, 0.4) is 0 Å². The Hall–Kier alpha value is -0.570. The smallest absolute Gasteiger partial charge is 0.323 e. The normalized spacial score (nSPS) is 29.9. The molecule has 0 spiro atoms. The van der Waals surface area contributed by atoms with E-state index in [1.54, 1.807) is 0 Å². The number of nitrogens with one attached hydrogen (secondary N) is 1. The van der Waals surface area contributed by atoms with Gasteiger partial charge in [-0.1, -0.05) is 20.3 Å². The zero-order valence-corrected chi connectivity index (χ0v) is 11.1. The van der Waals surface area contributed by atoms with Crippen LogP contribution in [-0.4, -0.2) is 24.7 Å². The number of esters is 1. The molecule has 2 rings (SSSR count). The monoisotopic (exact) mass is 239 g/mol. The molecule has 3 nitrogen and oxygen atoms in total. The first kappa shape index (κ1) is 12.9. The predicted octanol–water partition coefficient (Wildman–Crippen LogP) is 2.64. The summed E-state index contributed by atoms with van der Waals surface area (Å²) in [4.78, 5) is 11.9. The maximum absolute atomic E-state index is 11.9. The third kappa shape index (κ3) is 3.70. The van der Waals surface area contributed by atoms with E-state index >= 15 is 0 Å². The number of hydrogen-bond donors (Lipinski definition) is 1. The summed E-state index contributed by atoms with van der Waals surface area (Å²) in [5.41, 5.74) is 0.437. The Kier molecular flexibility index (Phi) is 4.08. The molecule has 0 aromatic heterocycles. The number of carbonyl (C=O) groups is 1. The van der Waals surface area contributed by atoms with Crippen LogP contribution in [0.15, 0.2) is 0 Å². The molecule has 0 bridgehead atoms. The molecule has 1 N–H and O–H groups in total. The summed E-state index contributed by atoms with van der Waals surface area (Å²) in [7, 11) is 0. The average Bonchev–Trinajstić information content (AvgIpc) is 2.33. The van der Waals surface area contributed by atoms with E-state index in [2.05, 4.69) is 19.2 Å². The quantitative estimate of drug-likeness (QED) is 0.753. The van der Waals surface area contributed by atoms with Crippen LogP contribution in [0, 0.1) is 5.41 Å². The molecule has 1 heterocycles. The van der Waals surface area contributed by atoms with Crippen molar-refractivity contribution < 1.29 is 9.53 Å². The molecule has 1 saturated carbocycles. The summed E-state index contributed by atoms with van der Waals surface area (Å²) < 4.78 is 5.62. The molecule has 17 heavy (non-hydrogen) atoms. The highest BCUT2D eigenvalue weighted by atomic mass is 16.5. The van der Waals surface area contributed by atoms with Gasteiger partial charge in [0.25, 0.3) is 0 Å². The van der Waals surface area contributed by atoms with Crippen molar-refractivity contribution in [2.75, 3.05) is 6.54 Å². The van der Waals surface area contributed by atoms with Gasteiger partial charge in [0.15, 0.2) is 0 Å². The third-order valence-electron chi connectivity index (χ3n) is 4.16. The average molecular weight is 239 g/mol. The van der Waals surface area contributed by atoms with Crippen molar-refractivity contribution >= 4 is 5.97 Å². The Labute approximate surface area is 104 Å². The van der Waals surface area contributed by atoms with Gasteiger partial charge in [0.05, 0.1) is 0 Å². The highest BCUT2D eigenvalue weighted by Gasteiger charge is 2.30. The number of hydrogen-bond acceptors (Lipinski definition) is 3. The molecule has 2 aliphatic rings. The summed E-state index contributed by atoms with van der Waals surface area (Å²) in [5, 5.41) is 3.25. The Morgan fingerprint density at radius 3 is 2.47 bits per heavy atom. The van der Waals surface area contributed by atoms with Gasteiger partial charge in [-0.05, 0) is 50.5 Å². The minimum Gasteiger partial charge on any atom is -0.461 e. The number of carbonyl (C=O) groups excluding carboxylic acids is 1. The molecule has 0 radical (unpaired) electrons. The molecule has 0 amide bonds. The van der Waals surface area contributed by atoms with Crippen LogP contribution in [0.5, 0.6) is 0 Å². The van der Waals surface area contributed by atoms with Crippen molar-refractivity contribution in [1.29, 1.82) is 0 Å². The van der Waals surface area contributed by atoms with Gasteiger partial charge in [-0.25, -0.2) is 0 Å². The van der Waals surface area contributed by atoms with E-state index in [-0.39, 0.29) is 18.1 Å². The Morgan fingerprint density at radius 2 is 1.88 bits per heavy atom. The first-order valence-electron chi connectivity index (χ1n) is 7.01. The van der Waals surface area contributed by atoms with E-state index < -0.39 is 0 Å². The van der Waals surface area contributed by atoms with Gasteiger partial charge in [0.1, 0.15) is 12.1 Å². The van der Waals surface area contributed by atoms with E-state index in [0.29, 0.717) is 5.41 Å². The van der Waals surface area contributed by atoms with Crippen molar-refractivity contribution in [3.8, 4) is 0 Å². The van der Waals surface area contributed by atoms with Gasteiger partial charge in [0.2, 0.25) is 0 Å². The molecule has 0 unspecified atom stereocenters. The fraction of sp³-hybridized carbons (Fsp3) is 0.929. The second kappa shape index (κ2) is 5.38. The lowest BCUT2D eigenvalue weighted by Crippen LogP contribution is -2.43. The van der Waals surface area contributed by atoms with Crippen LogP contribution >= 0.6 is 0 Å². The largest absolute Gasteiger partial charge is 0.461 e. The lowest BCUT2D eigenvalue weighted by atomic mass is 9.76. The first-order chi connectivity index (χ1) is 8.07. The van der Waals surface area contributed by atoms with Crippen molar-refractivity contribution in [3.05, 3.63) is 0 Å². The molecule has 1 aliphatic carbocycles. The number of ether oxygens (including phenoxy) is 1. The summed E-state index contributed by atoms with van der Waals surface area (Å²) in [6, 6.07) is -0.0429. The van der Waals surface area contributed by atoms with Crippen molar-refractivity contribution in [2.24, 2.45) is 5.41 Å². The Bertz CT molecular complexity index is 259. The van der Waals surface area contributed by atoms with Crippen LogP contribution in [0.2, 0.25) is 0 Å². The second-order valence-corrected chi connectivity index (χ2v) is 6.30. The highest BCUT2D eigenvalue weighted by Crippen LogP contribution is 2.36. The van der Waals surface area contributed by atoms with Crippen LogP contribution in [-0.2, 0) is 9.53 Å². The SMILES string of the molecule is CC1(C)CCC(OC(=O)[C@@H]2CCCCN2)CC1. The van der Waals surface area contributed by atoms with E-state index in [4.69, 9.17) is 4.74 Å². The molecule has 2 fully saturated rings. The Balaban J connectivity index is 1.75. The minimum atomic E-state index is -0.0429. The fourth-order valence-electron chi connectivity index (χ4n) is 2.79. The van der Waals surface area contributed by atoms with E-state index in [1.807, 2.05) is 0 Å².